The Balaban J connectivity index is 2.07. The van der Waals surface area contributed by atoms with Gasteiger partial charge in [0.05, 0.1) is 6.04 Å². The fourth-order valence-electron chi connectivity index (χ4n) is 4.74. The lowest BCUT2D eigenvalue weighted by Crippen LogP contribution is -2.57. The maximum Gasteiger partial charge on any atom is 0.408 e. The minimum atomic E-state index is -0.750. The van der Waals surface area contributed by atoms with Crippen LogP contribution in [0.25, 0.3) is 0 Å². The van der Waals surface area contributed by atoms with Crippen LogP contribution in [0.1, 0.15) is 78.6 Å². The molecular weight excluding hydrogens is 452 g/mol. The molecule has 6 N–H and O–H groups in total. The van der Waals surface area contributed by atoms with E-state index in [1.165, 1.54) is 0 Å². The molecular formula is C24H42N6O5. The van der Waals surface area contributed by atoms with Crippen LogP contribution in [0.5, 0.6) is 0 Å². The fourth-order valence-corrected chi connectivity index (χ4v) is 4.74. The summed E-state index contributed by atoms with van der Waals surface area (Å²) in [6.45, 7) is 6.09. The number of alkyl carbamates (subject to hydrolysis) is 1. The van der Waals surface area contributed by atoms with Gasteiger partial charge in [-0.1, -0.05) is 19.3 Å². The van der Waals surface area contributed by atoms with Crippen LogP contribution >= 0.6 is 0 Å². The van der Waals surface area contributed by atoms with E-state index in [9.17, 15) is 19.2 Å². The van der Waals surface area contributed by atoms with Crippen molar-refractivity contribution in [3.05, 3.63) is 0 Å². The van der Waals surface area contributed by atoms with Gasteiger partial charge in [-0.2, -0.15) is 0 Å². The lowest BCUT2D eigenvalue weighted by atomic mass is 9.83. The zero-order valence-corrected chi connectivity index (χ0v) is 21.3. The van der Waals surface area contributed by atoms with E-state index in [0.717, 1.165) is 32.1 Å². The van der Waals surface area contributed by atoms with Crippen LogP contribution in [-0.4, -0.2) is 71.9 Å². The molecule has 11 heteroatoms. The average molecular weight is 495 g/mol. The van der Waals surface area contributed by atoms with Crippen LogP contribution < -0.4 is 22.1 Å². The molecule has 0 unspecified atom stereocenters. The monoisotopic (exact) mass is 494 g/mol. The molecule has 1 heterocycles. The summed E-state index contributed by atoms with van der Waals surface area (Å²) in [5.41, 5.74) is 9.92. The predicted molar refractivity (Wildman–Crippen MR) is 132 cm³/mol. The molecule has 0 spiro atoms. The second-order valence-corrected chi connectivity index (χ2v) is 10.4. The maximum absolute atomic E-state index is 13.7. The van der Waals surface area contributed by atoms with Crippen LogP contribution in [-0.2, 0) is 19.1 Å². The number of carbonyl (C=O) groups is 4. The third-order valence-electron chi connectivity index (χ3n) is 6.36. The van der Waals surface area contributed by atoms with Gasteiger partial charge in [0.25, 0.3) is 0 Å². The number of carbonyl (C=O) groups excluding carboxylic acids is 4. The zero-order chi connectivity index (χ0) is 26.0. The quantitative estimate of drug-likeness (QED) is 0.153. The molecule has 35 heavy (non-hydrogen) atoms. The topological polar surface area (TPSA) is 169 Å². The highest BCUT2D eigenvalue weighted by Gasteiger charge is 2.41. The van der Waals surface area contributed by atoms with Gasteiger partial charge >= 0.3 is 6.09 Å². The number of likely N-dealkylation sites (tertiary alicyclic amines) is 1. The van der Waals surface area contributed by atoms with Crippen molar-refractivity contribution >= 4 is 30.2 Å². The molecule has 1 saturated carbocycles. The average Bonchev–Trinajstić information content (AvgIpc) is 3.28. The maximum atomic E-state index is 13.7. The summed E-state index contributed by atoms with van der Waals surface area (Å²) in [7, 11) is 0. The van der Waals surface area contributed by atoms with Gasteiger partial charge in [-0.25, -0.2) is 4.79 Å². The van der Waals surface area contributed by atoms with Gasteiger partial charge in [0, 0.05) is 13.1 Å². The molecule has 11 nitrogen and oxygen atoms in total. The Bertz CT molecular complexity index is 771. The first-order valence-electron chi connectivity index (χ1n) is 12.6. The van der Waals surface area contributed by atoms with Crippen molar-refractivity contribution in [3.63, 3.8) is 0 Å². The van der Waals surface area contributed by atoms with E-state index in [-0.39, 0.29) is 23.7 Å². The third kappa shape index (κ3) is 9.37. The Hall–Kier alpha value is -2.85. The molecule has 1 aliphatic carbocycles. The number of hydrogen-bond acceptors (Lipinski definition) is 6. The molecule has 0 bridgehead atoms. The van der Waals surface area contributed by atoms with Gasteiger partial charge in [-0.3, -0.25) is 14.6 Å². The minimum absolute atomic E-state index is 0.00802. The molecule has 1 saturated heterocycles. The fraction of sp³-hybridized carbons (Fsp3) is 0.792. The first-order chi connectivity index (χ1) is 16.5. The lowest BCUT2D eigenvalue weighted by molar-refractivity contribution is -0.141. The van der Waals surface area contributed by atoms with E-state index in [0.29, 0.717) is 45.1 Å². The van der Waals surface area contributed by atoms with Gasteiger partial charge in [-0.15, -0.1) is 0 Å². The molecule has 0 radical (unpaired) electrons. The Morgan fingerprint density at radius 1 is 1.09 bits per heavy atom. The van der Waals surface area contributed by atoms with Crippen molar-refractivity contribution in [1.29, 1.82) is 0 Å². The summed E-state index contributed by atoms with van der Waals surface area (Å²) >= 11 is 0. The number of aldehydes is 1. The molecule has 198 valence electrons. The van der Waals surface area contributed by atoms with Gasteiger partial charge in [-0.05, 0) is 65.2 Å². The molecule has 0 aromatic rings. The molecule has 2 aliphatic rings. The standard InChI is InChI=1S/C24H42N6O5/c1-24(2,3)35-23(34)29-19(16-9-5-4-6-10-16)21(33)30-14-8-12-18(30)20(32)28-17(15-31)11-7-13-27-22(25)26/h15-19H,4-14H2,1-3H3,(H,28,32)(H,29,34)(H4,25,26,27)/t17-,18-,19+/m0/s1. The Kier molecular flexibility index (Phi) is 10.8. The van der Waals surface area contributed by atoms with Crippen molar-refractivity contribution in [1.82, 2.24) is 15.5 Å². The smallest absolute Gasteiger partial charge is 0.408 e. The first kappa shape index (κ1) is 28.4. The number of nitrogens with one attached hydrogen (secondary N) is 2. The molecule has 2 fully saturated rings. The van der Waals surface area contributed by atoms with Crippen molar-refractivity contribution < 1.29 is 23.9 Å². The number of amides is 3. The van der Waals surface area contributed by atoms with Crippen LogP contribution in [0.2, 0.25) is 0 Å². The summed E-state index contributed by atoms with van der Waals surface area (Å²) in [4.78, 5) is 56.2. The number of rotatable bonds is 10. The van der Waals surface area contributed by atoms with Gasteiger partial charge < -0.3 is 36.5 Å². The van der Waals surface area contributed by atoms with Crippen LogP contribution in [0.15, 0.2) is 4.99 Å². The number of nitrogens with two attached hydrogens (primary N) is 2. The Morgan fingerprint density at radius 3 is 2.37 bits per heavy atom. The van der Waals surface area contributed by atoms with Crippen LogP contribution in [0.3, 0.4) is 0 Å². The lowest BCUT2D eigenvalue weighted by Gasteiger charge is -2.35. The van der Waals surface area contributed by atoms with E-state index in [1.54, 1.807) is 25.7 Å². The van der Waals surface area contributed by atoms with Crippen LogP contribution in [0.4, 0.5) is 4.79 Å². The molecule has 1 aliphatic heterocycles. The largest absolute Gasteiger partial charge is 0.444 e. The highest BCUT2D eigenvalue weighted by atomic mass is 16.6. The van der Waals surface area contributed by atoms with Gasteiger partial charge in [0.1, 0.15) is 24.0 Å². The summed E-state index contributed by atoms with van der Waals surface area (Å²) < 4.78 is 5.41. The Morgan fingerprint density at radius 2 is 1.77 bits per heavy atom. The summed E-state index contributed by atoms with van der Waals surface area (Å²) in [5.74, 6) is -0.666. The second kappa shape index (κ2) is 13.3. The van der Waals surface area contributed by atoms with Crippen molar-refractivity contribution in [3.8, 4) is 0 Å². The third-order valence-corrected chi connectivity index (χ3v) is 6.36. The van der Waals surface area contributed by atoms with Crippen molar-refractivity contribution in [2.75, 3.05) is 13.1 Å². The predicted octanol–water partition coefficient (Wildman–Crippen LogP) is 1.19. The van der Waals surface area contributed by atoms with Gasteiger partial charge in [0.15, 0.2) is 5.96 Å². The highest BCUT2D eigenvalue weighted by molar-refractivity contribution is 5.92. The molecule has 2 rings (SSSR count). The SMILES string of the molecule is CC(C)(C)OC(=O)N[C@@H](C(=O)N1CCC[C@H]1C(=O)N[C@H](C=O)CCCN=C(N)N)C1CCCCC1. The molecule has 3 amide bonds. The number of aliphatic imine (C=N–C) groups is 1. The highest BCUT2D eigenvalue weighted by Crippen LogP contribution is 2.29. The summed E-state index contributed by atoms with van der Waals surface area (Å²) in [6.07, 6.45) is 6.90. The Labute approximate surface area is 207 Å². The number of nitrogens with zero attached hydrogens (tertiary/aromatic N) is 2. The number of guanidine groups is 1. The molecule has 0 aromatic carbocycles. The van der Waals surface area contributed by atoms with E-state index < -0.39 is 29.8 Å². The van der Waals surface area contributed by atoms with E-state index >= 15 is 0 Å². The van der Waals surface area contributed by atoms with Crippen molar-refractivity contribution in [2.45, 2.75) is 102 Å². The second-order valence-electron chi connectivity index (χ2n) is 10.4. The normalized spacial score (nSPS) is 20.4. The zero-order valence-electron chi connectivity index (χ0n) is 21.3. The molecule has 3 atom stereocenters. The van der Waals surface area contributed by atoms with Crippen LogP contribution in [0, 0.1) is 5.92 Å². The minimum Gasteiger partial charge on any atom is -0.444 e. The van der Waals surface area contributed by atoms with Gasteiger partial charge in [0.2, 0.25) is 11.8 Å². The van der Waals surface area contributed by atoms with E-state index in [1.807, 2.05) is 0 Å². The number of ether oxygens (including phenoxy) is 1. The summed E-state index contributed by atoms with van der Waals surface area (Å²) in [5, 5.41) is 5.55. The summed E-state index contributed by atoms with van der Waals surface area (Å²) in [6, 6.07) is -2.13. The number of hydrogen-bond donors (Lipinski definition) is 4. The van der Waals surface area contributed by atoms with E-state index in [4.69, 9.17) is 16.2 Å². The van der Waals surface area contributed by atoms with E-state index in [2.05, 4.69) is 15.6 Å². The van der Waals surface area contributed by atoms with Crippen molar-refractivity contribution in [2.24, 2.45) is 22.4 Å². The first-order valence-corrected chi connectivity index (χ1v) is 12.6. The molecule has 0 aromatic heterocycles.